The van der Waals surface area contributed by atoms with E-state index in [0.717, 1.165) is 6.42 Å². The number of ether oxygens (including phenoxy) is 3. The number of rotatable bonds is 7. The standard InChI is InChI=1S/C15H27ClO3/c1-17-8-9-18-10-11-19-14-12-13(16)15(14)6-4-2-3-5-7-15/h13-14H,2-12H2,1H3. The van der Waals surface area contributed by atoms with Gasteiger partial charge in [-0.15, -0.1) is 11.6 Å². The Bertz CT molecular complexity index is 252. The first-order valence-corrected chi connectivity index (χ1v) is 8.05. The largest absolute Gasteiger partial charge is 0.382 e. The predicted octanol–water partition coefficient (Wildman–Crippen LogP) is 3.39. The minimum atomic E-state index is 0.268. The van der Waals surface area contributed by atoms with Crippen molar-refractivity contribution in [1.29, 1.82) is 0 Å². The summed E-state index contributed by atoms with van der Waals surface area (Å²) in [5.74, 6) is 0. The van der Waals surface area contributed by atoms with Gasteiger partial charge in [0.2, 0.25) is 0 Å². The second-order valence-electron chi connectivity index (χ2n) is 5.82. The van der Waals surface area contributed by atoms with Gasteiger partial charge in [-0.1, -0.05) is 25.7 Å². The van der Waals surface area contributed by atoms with Crippen LogP contribution in [0.5, 0.6) is 0 Å². The fraction of sp³-hybridized carbons (Fsp3) is 1.00. The minimum Gasteiger partial charge on any atom is -0.382 e. The first-order chi connectivity index (χ1) is 9.29. The molecule has 0 bridgehead atoms. The Balaban J connectivity index is 1.68. The maximum absolute atomic E-state index is 6.51. The molecule has 0 N–H and O–H groups in total. The van der Waals surface area contributed by atoms with Gasteiger partial charge in [-0.25, -0.2) is 0 Å². The third kappa shape index (κ3) is 3.84. The molecule has 0 aromatic rings. The van der Waals surface area contributed by atoms with Crippen LogP contribution in [-0.2, 0) is 14.2 Å². The van der Waals surface area contributed by atoms with Crippen LogP contribution in [-0.4, -0.2) is 45.0 Å². The Hall–Kier alpha value is 0.170. The summed E-state index contributed by atoms with van der Waals surface area (Å²) in [5, 5.41) is 0.324. The molecule has 0 aliphatic heterocycles. The highest BCUT2D eigenvalue weighted by Crippen LogP contribution is 2.54. The maximum atomic E-state index is 6.51. The monoisotopic (exact) mass is 290 g/mol. The summed E-state index contributed by atoms with van der Waals surface area (Å²) < 4.78 is 16.4. The molecule has 0 aromatic carbocycles. The van der Waals surface area contributed by atoms with E-state index in [1.807, 2.05) is 0 Å². The number of hydrogen-bond acceptors (Lipinski definition) is 3. The van der Waals surface area contributed by atoms with Crippen molar-refractivity contribution < 1.29 is 14.2 Å². The van der Waals surface area contributed by atoms with Gasteiger partial charge in [0.05, 0.1) is 32.5 Å². The zero-order valence-corrected chi connectivity index (χ0v) is 12.8. The molecule has 2 aliphatic rings. The van der Waals surface area contributed by atoms with E-state index in [2.05, 4.69) is 0 Å². The van der Waals surface area contributed by atoms with Gasteiger partial charge < -0.3 is 14.2 Å². The Kier molecular flexibility index (Phi) is 6.40. The van der Waals surface area contributed by atoms with Gasteiger partial charge >= 0.3 is 0 Å². The van der Waals surface area contributed by atoms with E-state index in [-0.39, 0.29) is 5.41 Å². The van der Waals surface area contributed by atoms with E-state index in [1.165, 1.54) is 38.5 Å². The van der Waals surface area contributed by atoms with Crippen LogP contribution in [0.25, 0.3) is 0 Å². The van der Waals surface area contributed by atoms with E-state index < -0.39 is 0 Å². The van der Waals surface area contributed by atoms with Crippen molar-refractivity contribution in [3.05, 3.63) is 0 Å². The first-order valence-electron chi connectivity index (χ1n) is 7.62. The summed E-state index contributed by atoms with van der Waals surface area (Å²) in [6.45, 7) is 2.63. The molecular formula is C15H27ClO3. The Labute approximate surface area is 121 Å². The number of halogens is 1. The van der Waals surface area contributed by atoms with Gasteiger partial charge in [-0.3, -0.25) is 0 Å². The van der Waals surface area contributed by atoms with Crippen molar-refractivity contribution in [3.8, 4) is 0 Å². The van der Waals surface area contributed by atoms with E-state index in [9.17, 15) is 0 Å². The Morgan fingerprint density at radius 2 is 1.68 bits per heavy atom. The molecule has 3 nitrogen and oxygen atoms in total. The van der Waals surface area contributed by atoms with Crippen molar-refractivity contribution in [2.75, 3.05) is 33.5 Å². The highest BCUT2D eigenvalue weighted by atomic mass is 35.5. The van der Waals surface area contributed by atoms with Crippen molar-refractivity contribution in [1.82, 2.24) is 0 Å². The third-order valence-corrected chi connectivity index (χ3v) is 5.31. The second-order valence-corrected chi connectivity index (χ2v) is 6.34. The zero-order valence-electron chi connectivity index (χ0n) is 12.0. The summed E-state index contributed by atoms with van der Waals surface area (Å²) in [7, 11) is 1.69. The number of hydrogen-bond donors (Lipinski definition) is 0. The van der Waals surface area contributed by atoms with Crippen LogP contribution in [0.15, 0.2) is 0 Å². The summed E-state index contributed by atoms with van der Waals surface area (Å²) in [6.07, 6.45) is 9.21. The highest BCUT2D eigenvalue weighted by molar-refractivity contribution is 6.21. The van der Waals surface area contributed by atoms with Gasteiger partial charge in [0, 0.05) is 17.9 Å². The van der Waals surface area contributed by atoms with E-state index in [1.54, 1.807) is 7.11 Å². The van der Waals surface area contributed by atoms with Crippen molar-refractivity contribution in [2.45, 2.75) is 56.4 Å². The van der Waals surface area contributed by atoms with Crippen molar-refractivity contribution >= 4 is 11.6 Å². The molecule has 2 aliphatic carbocycles. The zero-order chi connectivity index (χ0) is 13.6. The normalized spacial score (nSPS) is 30.0. The average molecular weight is 291 g/mol. The molecule has 112 valence electrons. The van der Waals surface area contributed by atoms with Gasteiger partial charge in [0.25, 0.3) is 0 Å². The molecule has 19 heavy (non-hydrogen) atoms. The molecule has 0 radical (unpaired) electrons. The molecule has 2 saturated carbocycles. The fourth-order valence-electron chi connectivity index (χ4n) is 3.45. The fourth-order valence-corrected chi connectivity index (χ4v) is 3.97. The van der Waals surface area contributed by atoms with Crippen LogP contribution in [0, 0.1) is 5.41 Å². The summed E-state index contributed by atoms with van der Waals surface area (Å²) in [6, 6.07) is 0. The lowest BCUT2D eigenvalue weighted by Gasteiger charge is -2.53. The molecule has 2 fully saturated rings. The van der Waals surface area contributed by atoms with Crippen LogP contribution in [0.4, 0.5) is 0 Å². The molecule has 2 unspecified atom stereocenters. The highest BCUT2D eigenvalue weighted by Gasteiger charge is 2.54. The van der Waals surface area contributed by atoms with Gasteiger partial charge in [-0.05, 0) is 19.3 Å². The number of alkyl halides is 1. The lowest BCUT2D eigenvalue weighted by Crippen LogP contribution is -2.55. The SMILES string of the molecule is COCCOCCOC1CC(Cl)C12CCCCCC2. The third-order valence-electron chi connectivity index (χ3n) is 4.70. The van der Waals surface area contributed by atoms with E-state index in [4.69, 9.17) is 25.8 Å². The molecule has 0 amide bonds. The topological polar surface area (TPSA) is 27.7 Å². The summed E-state index contributed by atoms with van der Waals surface area (Å²) in [5.41, 5.74) is 0.268. The van der Waals surface area contributed by atoms with Crippen LogP contribution < -0.4 is 0 Å². The molecule has 2 atom stereocenters. The van der Waals surface area contributed by atoms with Gasteiger partial charge in [-0.2, -0.15) is 0 Å². The number of methoxy groups -OCH3 is 1. The van der Waals surface area contributed by atoms with Gasteiger partial charge in [0.1, 0.15) is 0 Å². The van der Waals surface area contributed by atoms with E-state index >= 15 is 0 Å². The molecule has 4 heteroatoms. The lowest BCUT2D eigenvalue weighted by molar-refractivity contribution is -0.125. The van der Waals surface area contributed by atoms with Crippen LogP contribution >= 0.6 is 11.6 Å². The van der Waals surface area contributed by atoms with Crippen LogP contribution in [0.3, 0.4) is 0 Å². The predicted molar refractivity (Wildman–Crippen MR) is 76.8 cm³/mol. The van der Waals surface area contributed by atoms with Crippen molar-refractivity contribution in [3.63, 3.8) is 0 Å². The summed E-state index contributed by atoms with van der Waals surface area (Å²) in [4.78, 5) is 0. The maximum Gasteiger partial charge on any atom is 0.0704 e. The molecule has 2 rings (SSSR count). The summed E-state index contributed by atoms with van der Waals surface area (Å²) >= 11 is 6.51. The molecule has 0 saturated heterocycles. The minimum absolute atomic E-state index is 0.268. The molecule has 1 spiro atoms. The molecular weight excluding hydrogens is 264 g/mol. The smallest absolute Gasteiger partial charge is 0.0704 e. The second kappa shape index (κ2) is 7.82. The average Bonchev–Trinajstić information content (AvgIpc) is 2.69. The Morgan fingerprint density at radius 1 is 1.00 bits per heavy atom. The Morgan fingerprint density at radius 3 is 2.32 bits per heavy atom. The van der Waals surface area contributed by atoms with Crippen LogP contribution in [0.1, 0.15) is 44.9 Å². The molecule has 0 aromatic heterocycles. The van der Waals surface area contributed by atoms with E-state index in [0.29, 0.717) is 37.9 Å². The van der Waals surface area contributed by atoms with Crippen LogP contribution in [0.2, 0.25) is 0 Å². The van der Waals surface area contributed by atoms with Gasteiger partial charge in [0.15, 0.2) is 0 Å². The van der Waals surface area contributed by atoms with Crippen molar-refractivity contribution in [2.24, 2.45) is 5.41 Å². The lowest BCUT2D eigenvalue weighted by atomic mass is 9.61. The molecule has 0 heterocycles. The first kappa shape index (κ1) is 15.6. The quantitative estimate of drug-likeness (QED) is 0.531.